The van der Waals surface area contributed by atoms with Gasteiger partial charge in [-0.25, -0.2) is 9.78 Å². The van der Waals surface area contributed by atoms with E-state index in [2.05, 4.69) is 14.9 Å². The summed E-state index contributed by atoms with van der Waals surface area (Å²) in [5.74, 6) is -1.54. The molecule has 1 N–H and O–H groups in total. The van der Waals surface area contributed by atoms with Gasteiger partial charge in [0.15, 0.2) is 11.4 Å². The Balaban J connectivity index is 1.36. The molecular formula is C24H28F3N3O5. The summed E-state index contributed by atoms with van der Waals surface area (Å²) in [7, 11) is 1.39. The minimum Gasteiger partial charge on any atom is -0.494 e. The van der Waals surface area contributed by atoms with Crippen LogP contribution >= 0.6 is 0 Å². The number of aromatic carboxylic acids is 1. The summed E-state index contributed by atoms with van der Waals surface area (Å²) in [5, 5.41) is 9.24. The number of morpholine rings is 1. The molecule has 35 heavy (non-hydrogen) atoms. The van der Waals surface area contributed by atoms with Crippen molar-refractivity contribution in [2.24, 2.45) is 11.8 Å². The van der Waals surface area contributed by atoms with Gasteiger partial charge in [0.1, 0.15) is 11.9 Å². The zero-order valence-corrected chi connectivity index (χ0v) is 19.3. The van der Waals surface area contributed by atoms with Crippen LogP contribution < -0.4 is 14.4 Å². The van der Waals surface area contributed by atoms with Crippen LogP contribution in [0.3, 0.4) is 0 Å². The van der Waals surface area contributed by atoms with E-state index in [1.807, 2.05) is 6.07 Å². The largest absolute Gasteiger partial charge is 0.494 e. The molecule has 0 aromatic carbocycles. The number of pyridine rings is 2. The normalized spacial score (nSPS) is 23.1. The van der Waals surface area contributed by atoms with Gasteiger partial charge in [-0.3, -0.25) is 4.98 Å². The molecule has 2 fully saturated rings. The average molecular weight is 495 g/mol. The molecule has 1 aliphatic carbocycles. The minimum atomic E-state index is -4.11. The molecule has 2 aromatic rings. The molecule has 0 bridgehead atoms. The Morgan fingerprint density at radius 1 is 1.20 bits per heavy atom. The van der Waals surface area contributed by atoms with E-state index in [-0.39, 0.29) is 36.3 Å². The lowest BCUT2D eigenvalue weighted by molar-refractivity contribution is -0.184. The Morgan fingerprint density at radius 3 is 2.66 bits per heavy atom. The smallest absolute Gasteiger partial charge is 0.391 e. The van der Waals surface area contributed by atoms with E-state index < -0.39 is 18.1 Å². The summed E-state index contributed by atoms with van der Waals surface area (Å²) >= 11 is 0. The molecule has 4 rings (SSSR count). The van der Waals surface area contributed by atoms with E-state index in [0.29, 0.717) is 50.5 Å². The van der Waals surface area contributed by atoms with E-state index in [0.717, 1.165) is 5.69 Å². The van der Waals surface area contributed by atoms with Gasteiger partial charge in [-0.05, 0) is 37.7 Å². The molecule has 190 valence electrons. The number of aromatic nitrogens is 2. The standard InChI is InChI=1S/C24H28F3N3O5/c1-33-20-8-16(10-29-22(20)23(31)32)21-13-30(6-7-34-21)18-9-19(12-28-11-18)35-14-15-2-4-17(5-3-15)24(25,26)27/h8-12,15,17,21H,2-7,13-14H2,1H3,(H,31,32). The van der Waals surface area contributed by atoms with Crippen LogP contribution in [0, 0.1) is 11.8 Å². The van der Waals surface area contributed by atoms with Gasteiger partial charge in [0, 0.05) is 30.9 Å². The van der Waals surface area contributed by atoms with Crippen molar-refractivity contribution in [2.75, 3.05) is 38.3 Å². The summed E-state index contributed by atoms with van der Waals surface area (Å²) < 4.78 is 55.6. The van der Waals surface area contributed by atoms with E-state index >= 15 is 0 Å². The Labute approximate surface area is 201 Å². The third-order valence-corrected chi connectivity index (χ3v) is 6.59. The summed E-state index contributed by atoms with van der Waals surface area (Å²) in [6.07, 6.45) is 1.64. The highest BCUT2D eigenvalue weighted by Gasteiger charge is 2.41. The van der Waals surface area contributed by atoms with Gasteiger partial charge in [0.25, 0.3) is 0 Å². The van der Waals surface area contributed by atoms with Crippen molar-refractivity contribution in [1.29, 1.82) is 0 Å². The minimum absolute atomic E-state index is 0.0984. The van der Waals surface area contributed by atoms with Crippen LogP contribution in [0.2, 0.25) is 0 Å². The van der Waals surface area contributed by atoms with Crippen molar-refractivity contribution < 1.29 is 37.3 Å². The highest BCUT2D eigenvalue weighted by molar-refractivity contribution is 5.88. The molecule has 8 nitrogen and oxygen atoms in total. The molecule has 1 saturated carbocycles. The molecule has 3 heterocycles. The van der Waals surface area contributed by atoms with Crippen molar-refractivity contribution in [3.05, 3.63) is 42.0 Å². The van der Waals surface area contributed by atoms with Crippen molar-refractivity contribution >= 4 is 11.7 Å². The first-order chi connectivity index (χ1) is 16.7. The van der Waals surface area contributed by atoms with E-state index in [1.54, 1.807) is 18.5 Å². The number of hydrogen-bond donors (Lipinski definition) is 1. The fraction of sp³-hybridized carbons (Fsp3) is 0.542. The summed E-state index contributed by atoms with van der Waals surface area (Å²) in [5.41, 5.74) is 1.37. The van der Waals surface area contributed by atoms with E-state index in [1.165, 1.54) is 13.3 Å². The topological polar surface area (TPSA) is 94.0 Å². The van der Waals surface area contributed by atoms with Gasteiger partial charge in [-0.2, -0.15) is 13.2 Å². The maximum absolute atomic E-state index is 12.9. The maximum atomic E-state index is 12.9. The fourth-order valence-electron chi connectivity index (χ4n) is 4.57. The van der Waals surface area contributed by atoms with Crippen LogP contribution in [-0.2, 0) is 4.74 Å². The number of carboxylic acid groups (broad SMARTS) is 1. The molecule has 11 heteroatoms. The Morgan fingerprint density at radius 2 is 1.97 bits per heavy atom. The van der Waals surface area contributed by atoms with Crippen LogP contribution in [0.5, 0.6) is 11.5 Å². The highest BCUT2D eigenvalue weighted by atomic mass is 19.4. The van der Waals surface area contributed by atoms with Crippen LogP contribution in [0.25, 0.3) is 0 Å². The van der Waals surface area contributed by atoms with Gasteiger partial charge in [-0.1, -0.05) is 0 Å². The highest BCUT2D eigenvalue weighted by Crippen LogP contribution is 2.39. The molecule has 1 aliphatic heterocycles. The average Bonchev–Trinajstić information content (AvgIpc) is 2.87. The molecule has 2 aliphatic rings. The summed E-state index contributed by atoms with van der Waals surface area (Å²) in [4.78, 5) is 21.7. The quantitative estimate of drug-likeness (QED) is 0.600. The molecule has 1 atom stereocenters. The molecule has 1 unspecified atom stereocenters. The second-order valence-corrected chi connectivity index (χ2v) is 8.88. The predicted molar refractivity (Wildman–Crippen MR) is 120 cm³/mol. The zero-order chi connectivity index (χ0) is 25.0. The SMILES string of the molecule is COc1cc(C2CN(c3cncc(OCC4CCC(C(F)(F)F)CC4)c3)CCO2)cnc1C(=O)O. The van der Waals surface area contributed by atoms with E-state index in [9.17, 15) is 23.1 Å². The van der Waals surface area contributed by atoms with Gasteiger partial charge in [0.05, 0.1) is 44.3 Å². The first kappa shape index (κ1) is 25.0. The number of anilines is 1. The monoisotopic (exact) mass is 495 g/mol. The van der Waals surface area contributed by atoms with Gasteiger partial charge >= 0.3 is 12.1 Å². The van der Waals surface area contributed by atoms with Crippen molar-refractivity contribution in [3.63, 3.8) is 0 Å². The lowest BCUT2D eigenvalue weighted by Gasteiger charge is -2.34. The van der Waals surface area contributed by atoms with Gasteiger partial charge in [0.2, 0.25) is 0 Å². The van der Waals surface area contributed by atoms with Gasteiger partial charge < -0.3 is 24.2 Å². The third-order valence-electron chi connectivity index (χ3n) is 6.59. The first-order valence-electron chi connectivity index (χ1n) is 11.5. The maximum Gasteiger partial charge on any atom is 0.391 e. The van der Waals surface area contributed by atoms with Crippen LogP contribution in [0.4, 0.5) is 18.9 Å². The second kappa shape index (κ2) is 10.7. The Bertz CT molecular complexity index is 1030. The summed E-state index contributed by atoms with van der Waals surface area (Å²) in [6.45, 7) is 1.93. The van der Waals surface area contributed by atoms with Crippen LogP contribution in [0.1, 0.15) is 47.8 Å². The van der Waals surface area contributed by atoms with Crippen molar-refractivity contribution in [2.45, 2.75) is 38.0 Å². The number of ether oxygens (including phenoxy) is 3. The van der Waals surface area contributed by atoms with Crippen molar-refractivity contribution in [1.82, 2.24) is 9.97 Å². The zero-order valence-electron chi connectivity index (χ0n) is 19.3. The number of alkyl halides is 3. The predicted octanol–water partition coefficient (Wildman–Crippen LogP) is 4.51. The molecular weight excluding hydrogens is 467 g/mol. The Hall–Kier alpha value is -3.08. The molecule has 0 amide bonds. The van der Waals surface area contributed by atoms with Crippen molar-refractivity contribution in [3.8, 4) is 11.5 Å². The van der Waals surface area contributed by atoms with Gasteiger partial charge in [-0.15, -0.1) is 0 Å². The Kier molecular flexibility index (Phi) is 7.63. The van der Waals surface area contributed by atoms with Crippen LogP contribution in [0.15, 0.2) is 30.7 Å². The van der Waals surface area contributed by atoms with E-state index in [4.69, 9.17) is 14.2 Å². The second-order valence-electron chi connectivity index (χ2n) is 8.88. The molecule has 1 saturated heterocycles. The fourth-order valence-corrected chi connectivity index (χ4v) is 4.57. The lowest BCUT2D eigenvalue weighted by Crippen LogP contribution is -2.38. The molecule has 2 aromatic heterocycles. The third kappa shape index (κ3) is 6.14. The number of halogens is 3. The number of carbonyl (C=O) groups is 1. The number of nitrogens with zero attached hydrogens (tertiary/aromatic N) is 3. The number of methoxy groups -OCH3 is 1. The molecule has 0 spiro atoms. The summed E-state index contributed by atoms with van der Waals surface area (Å²) in [6, 6.07) is 3.49. The number of hydrogen-bond acceptors (Lipinski definition) is 7. The number of rotatable bonds is 7. The first-order valence-corrected chi connectivity index (χ1v) is 11.5. The number of carboxylic acids is 1. The van der Waals surface area contributed by atoms with Crippen LogP contribution in [-0.4, -0.2) is 60.6 Å². The lowest BCUT2D eigenvalue weighted by atomic mass is 9.82. The molecule has 0 radical (unpaired) electrons.